The lowest BCUT2D eigenvalue weighted by Crippen LogP contribution is -2.43. The van der Waals surface area contributed by atoms with Crippen molar-refractivity contribution in [3.63, 3.8) is 0 Å². The van der Waals surface area contributed by atoms with Crippen LogP contribution in [0.1, 0.15) is 5.89 Å². The summed E-state index contributed by atoms with van der Waals surface area (Å²) in [5, 5.41) is 7.08. The Labute approximate surface area is 86.5 Å². The van der Waals surface area contributed by atoms with Crippen LogP contribution >= 0.6 is 0 Å². The Hall–Kier alpha value is -1.62. The molecule has 1 aliphatic rings. The Balaban J connectivity index is 1.75. The van der Waals surface area contributed by atoms with Crippen molar-refractivity contribution < 1.29 is 8.94 Å². The van der Waals surface area contributed by atoms with Gasteiger partial charge in [0.2, 0.25) is 11.7 Å². The van der Waals surface area contributed by atoms with E-state index < -0.39 is 0 Å². The summed E-state index contributed by atoms with van der Waals surface area (Å²) in [4.78, 5) is 4.28. The van der Waals surface area contributed by atoms with Gasteiger partial charge in [-0.25, -0.2) is 0 Å². The zero-order valence-electron chi connectivity index (χ0n) is 8.14. The third-order valence-electron chi connectivity index (χ3n) is 2.54. The maximum atomic E-state index is 5.18. The molecule has 3 rings (SSSR count). The van der Waals surface area contributed by atoms with Gasteiger partial charge in [-0.05, 0) is 31.1 Å². The molecule has 78 valence electrons. The highest BCUT2D eigenvalue weighted by molar-refractivity contribution is 5.44. The van der Waals surface area contributed by atoms with Crippen LogP contribution in [0, 0.1) is 5.92 Å². The van der Waals surface area contributed by atoms with Crippen molar-refractivity contribution in [2.75, 3.05) is 13.1 Å². The molecule has 5 heteroatoms. The SMILES string of the molecule is c1coc(-c2noc(CC3CNC3)n2)c1. The van der Waals surface area contributed by atoms with E-state index in [9.17, 15) is 0 Å². The number of nitrogens with one attached hydrogen (secondary N) is 1. The molecule has 0 saturated carbocycles. The van der Waals surface area contributed by atoms with Crippen LogP contribution < -0.4 is 5.32 Å². The Morgan fingerprint density at radius 1 is 1.47 bits per heavy atom. The van der Waals surface area contributed by atoms with Gasteiger partial charge in [0.15, 0.2) is 5.76 Å². The smallest absolute Gasteiger partial charge is 0.238 e. The molecule has 0 aromatic carbocycles. The highest BCUT2D eigenvalue weighted by Gasteiger charge is 2.20. The van der Waals surface area contributed by atoms with E-state index in [1.807, 2.05) is 6.07 Å². The van der Waals surface area contributed by atoms with Crippen LogP contribution in [0.15, 0.2) is 27.3 Å². The number of aromatic nitrogens is 2. The van der Waals surface area contributed by atoms with Crippen LogP contribution in [-0.2, 0) is 6.42 Å². The molecule has 0 amide bonds. The molecule has 2 aromatic heterocycles. The van der Waals surface area contributed by atoms with E-state index in [0.29, 0.717) is 23.4 Å². The third-order valence-corrected chi connectivity index (χ3v) is 2.54. The van der Waals surface area contributed by atoms with Gasteiger partial charge in [0.05, 0.1) is 6.26 Å². The molecule has 0 unspecified atom stereocenters. The van der Waals surface area contributed by atoms with Gasteiger partial charge in [-0.3, -0.25) is 0 Å². The van der Waals surface area contributed by atoms with E-state index in [4.69, 9.17) is 8.94 Å². The zero-order valence-corrected chi connectivity index (χ0v) is 8.14. The van der Waals surface area contributed by atoms with E-state index in [1.165, 1.54) is 0 Å². The largest absolute Gasteiger partial charge is 0.461 e. The van der Waals surface area contributed by atoms with Crippen LogP contribution in [-0.4, -0.2) is 23.2 Å². The minimum atomic E-state index is 0.530. The van der Waals surface area contributed by atoms with Gasteiger partial charge < -0.3 is 14.3 Å². The summed E-state index contributed by atoms with van der Waals surface area (Å²) in [5.41, 5.74) is 0. The van der Waals surface area contributed by atoms with Gasteiger partial charge in [0.25, 0.3) is 0 Å². The summed E-state index contributed by atoms with van der Waals surface area (Å²) >= 11 is 0. The van der Waals surface area contributed by atoms with Crippen LogP contribution in [0.5, 0.6) is 0 Å². The van der Waals surface area contributed by atoms with Crippen molar-refractivity contribution in [1.82, 2.24) is 15.5 Å². The zero-order chi connectivity index (χ0) is 10.1. The van der Waals surface area contributed by atoms with Crippen LogP contribution in [0.4, 0.5) is 0 Å². The Bertz CT molecular complexity index is 431. The second kappa shape index (κ2) is 3.51. The fourth-order valence-electron chi connectivity index (χ4n) is 1.58. The highest BCUT2D eigenvalue weighted by Crippen LogP contribution is 2.17. The molecule has 0 bridgehead atoms. The van der Waals surface area contributed by atoms with Crippen molar-refractivity contribution >= 4 is 0 Å². The lowest BCUT2D eigenvalue weighted by atomic mass is 10.00. The Morgan fingerprint density at radius 3 is 3.07 bits per heavy atom. The van der Waals surface area contributed by atoms with Gasteiger partial charge in [-0.1, -0.05) is 5.16 Å². The normalized spacial score (nSPS) is 16.5. The first-order chi connectivity index (χ1) is 7.42. The predicted molar refractivity (Wildman–Crippen MR) is 52.1 cm³/mol. The average Bonchev–Trinajstić information content (AvgIpc) is 2.82. The lowest BCUT2D eigenvalue weighted by molar-refractivity contribution is 0.296. The van der Waals surface area contributed by atoms with Gasteiger partial charge >= 0.3 is 0 Å². The molecule has 0 aliphatic carbocycles. The minimum absolute atomic E-state index is 0.530. The summed E-state index contributed by atoms with van der Waals surface area (Å²) < 4.78 is 10.3. The molecule has 15 heavy (non-hydrogen) atoms. The monoisotopic (exact) mass is 205 g/mol. The summed E-state index contributed by atoms with van der Waals surface area (Å²) in [6.07, 6.45) is 2.45. The van der Waals surface area contributed by atoms with Crippen molar-refractivity contribution in [2.45, 2.75) is 6.42 Å². The van der Waals surface area contributed by atoms with Crippen LogP contribution in [0.25, 0.3) is 11.6 Å². The molecular formula is C10H11N3O2. The summed E-state index contributed by atoms with van der Waals surface area (Å²) in [6, 6.07) is 3.63. The van der Waals surface area contributed by atoms with Crippen LogP contribution in [0.2, 0.25) is 0 Å². The van der Waals surface area contributed by atoms with Crippen LogP contribution in [0.3, 0.4) is 0 Å². The van der Waals surface area contributed by atoms with Crippen molar-refractivity contribution in [1.29, 1.82) is 0 Å². The number of hydrogen-bond donors (Lipinski definition) is 1. The standard InChI is InChI=1S/C10H11N3O2/c1-2-8(14-3-1)10-12-9(15-13-10)4-7-5-11-6-7/h1-3,7,11H,4-6H2. The lowest BCUT2D eigenvalue weighted by Gasteiger charge is -2.25. The molecule has 0 radical (unpaired) electrons. The molecule has 1 saturated heterocycles. The maximum absolute atomic E-state index is 5.18. The first kappa shape index (κ1) is 8.67. The topological polar surface area (TPSA) is 64.1 Å². The summed E-state index contributed by atoms with van der Waals surface area (Å²) in [5.74, 6) is 2.50. The Morgan fingerprint density at radius 2 is 2.40 bits per heavy atom. The van der Waals surface area contributed by atoms with Gasteiger partial charge in [-0.2, -0.15) is 4.98 Å². The second-order valence-corrected chi connectivity index (χ2v) is 3.72. The number of rotatable bonds is 3. The van der Waals surface area contributed by atoms with Crippen molar-refractivity contribution in [2.24, 2.45) is 5.92 Å². The first-order valence-corrected chi connectivity index (χ1v) is 4.99. The predicted octanol–water partition coefficient (Wildman–Crippen LogP) is 1.09. The molecule has 5 nitrogen and oxygen atoms in total. The van der Waals surface area contributed by atoms with Gasteiger partial charge in [-0.15, -0.1) is 0 Å². The van der Waals surface area contributed by atoms with Crippen molar-refractivity contribution in [3.8, 4) is 11.6 Å². The molecule has 1 N–H and O–H groups in total. The third kappa shape index (κ3) is 1.66. The molecule has 3 heterocycles. The van der Waals surface area contributed by atoms with Gasteiger partial charge in [0.1, 0.15) is 0 Å². The van der Waals surface area contributed by atoms with Gasteiger partial charge in [0, 0.05) is 6.42 Å². The van der Waals surface area contributed by atoms with E-state index in [0.717, 1.165) is 19.5 Å². The molecule has 1 fully saturated rings. The van der Waals surface area contributed by atoms with E-state index in [-0.39, 0.29) is 0 Å². The first-order valence-electron chi connectivity index (χ1n) is 4.99. The fraction of sp³-hybridized carbons (Fsp3) is 0.400. The molecule has 2 aromatic rings. The molecule has 0 atom stereocenters. The fourth-order valence-corrected chi connectivity index (χ4v) is 1.58. The molecular weight excluding hydrogens is 194 g/mol. The minimum Gasteiger partial charge on any atom is -0.461 e. The summed E-state index contributed by atoms with van der Waals surface area (Å²) in [6.45, 7) is 2.08. The number of nitrogens with zero attached hydrogens (tertiary/aromatic N) is 2. The number of hydrogen-bond acceptors (Lipinski definition) is 5. The summed E-state index contributed by atoms with van der Waals surface area (Å²) in [7, 11) is 0. The highest BCUT2D eigenvalue weighted by atomic mass is 16.5. The average molecular weight is 205 g/mol. The van der Waals surface area contributed by atoms with Crippen molar-refractivity contribution in [3.05, 3.63) is 24.3 Å². The van der Waals surface area contributed by atoms with E-state index >= 15 is 0 Å². The number of furan rings is 1. The molecule has 1 aliphatic heterocycles. The quantitative estimate of drug-likeness (QED) is 0.812. The maximum Gasteiger partial charge on any atom is 0.238 e. The molecule has 0 spiro atoms. The Kier molecular flexibility index (Phi) is 2.03. The van der Waals surface area contributed by atoms with E-state index in [1.54, 1.807) is 12.3 Å². The van der Waals surface area contributed by atoms with E-state index in [2.05, 4.69) is 15.5 Å². The second-order valence-electron chi connectivity index (χ2n) is 3.72.